The summed E-state index contributed by atoms with van der Waals surface area (Å²) in [5.74, 6) is -2.69. The van der Waals surface area contributed by atoms with Gasteiger partial charge in [0.05, 0.1) is 16.2 Å². The van der Waals surface area contributed by atoms with Crippen molar-refractivity contribution in [2.45, 2.75) is 16.2 Å². The lowest BCUT2D eigenvalue weighted by Crippen LogP contribution is -2.44. The van der Waals surface area contributed by atoms with Crippen molar-refractivity contribution < 1.29 is 22.0 Å². The number of likely N-dealkylation sites (N-methyl/N-ethyl adjacent to an activating group) is 1. The first-order valence-corrected chi connectivity index (χ1v) is 10.2. The molecule has 0 bridgehead atoms. The van der Waals surface area contributed by atoms with E-state index in [0.29, 0.717) is 6.07 Å². The Morgan fingerprint density at radius 2 is 1.64 bits per heavy atom. The number of sulfone groups is 1. The SMILES string of the molecule is CN1CCN(c2ccc(S(=O)(=O)c3cc(F)cc(F)c3)c(CC(N)=O)c2)CC1. The number of hydrogen-bond acceptors (Lipinski definition) is 5. The Bertz CT molecular complexity index is 983. The van der Waals surface area contributed by atoms with Gasteiger partial charge in [-0.05, 0) is 42.9 Å². The topological polar surface area (TPSA) is 83.7 Å². The van der Waals surface area contributed by atoms with Gasteiger partial charge in [-0.25, -0.2) is 17.2 Å². The van der Waals surface area contributed by atoms with Crippen LogP contribution in [-0.2, 0) is 21.1 Å². The third kappa shape index (κ3) is 4.31. The van der Waals surface area contributed by atoms with Gasteiger partial charge < -0.3 is 15.5 Å². The molecule has 6 nitrogen and oxygen atoms in total. The van der Waals surface area contributed by atoms with Crippen molar-refractivity contribution in [2.75, 3.05) is 38.1 Å². The molecule has 0 radical (unpaired) electrons. The van der Waals surface area contributed by atoms with Crippen LogP contribution in [0.4, 0.5) is 14.5 Å². The summed E-state index contributed by atoms with van der Waals surface area (Å²) in [4.78, 5) is 15.1. The first-order valence-electron chi connectivity index (χ1n) is 8.73. The van der Waals surface area contributed by atoms with Gasteiger partial charge in [-0.1, -0.05) is 0 Å². The van der Waals surface area contributed by atoms with Gasteiger partial charge in [0.25, 0.3) is 0 Å². The van der Waals surface area contributed by atoms with Crippen LogP contribution in [0.15, 0.2) is 46.2 Å². The molecule has 28 heavy (non-hydrogen) atoms. The standard InChI is InChI=1S/C19H21F2N3O3S/c1-23-4-6-24(7-5-23)16-2-3-18(13(8-16)9-19(22)25)28(26,27)17-11-14(20)10-15(21)12-17/h2-3,8,10-12H,4-7,9H2,1H3,(H2,22,25). The van der Waals surface area contributed by atoms with E-state index in [1.807, 2.05) is 7.05 Å². The smallest absolute Gasteiger partial charge is 0.221 e. The molecule has 9 heteroatoms. The second-order valence-electron chi connectivity index (χ2n) is 6.83. The Labute approximate surface area is 162 Å². The fourth-order valence-electron chi connectivity index (χ4n) is 3.23. The Morgan fingerprint density at radius 1 is 1.04 bits per heavy atom. The predicted molar refractivity (Wildman–Crippen MR) is 101 cm³/mol. The summed E-state index contributed by atoms with van der Waals surface area (Å²) in [6.45, 7) is 3.23. The van der Waals surface area contributed by atoms with Crippen LogP contribution in [0.2, 0.25) is 0 Å². The van der Waals surface area contributed by atoms with E-state index in [1.165, 1.54) is 6.07 Å². The minimum absolute atomic E-state index is 0.186. The Hall–Kier alpha value is -2.52. The highest BCUT2D eigenvalue weighted by Crippen LogP contribution is 2.29. The van der Waals surface area contributed by atoms with Crippen molar-refractivity contribution >= 4 is 21.4 Å². The number of primary amides is 1. The van der Waals surface area contributed by atoms with Gasteiger partial charge in [0.1, 0.15) is 11.6 Å². The molecule has 1 amide bonds. The molecule has 0 aromatic heterocycles. The molecule has 0 saturated carbocycles. The molecule has 1 aliphatic heterocycles. The van der Waals surface area contributed by atoms with Gasteiger partial charge >= 0.3 is 0 Å². The highest BCUT2D eigenvalue weighted by molar-refractivity contribution is 7.91. The van der Waals surface area contributed by atoms with Crippen molar-refractivity contribution in [3.8, 4) is 0 Å². The highest BCUT2D eigenvalue weighted by Gasteiger charge is 2.25. The monoisotopic (exact) mass is 409 g/mol. The zero-order valence-electron chi connectivity index (χ0n) is 15.4. The van der Waals surface area contributed by atoms with E-state index in [0.717, 1.165) is 44.0 Å². The summed E-state index contributed by atoms with van der Waals surface area (Å²) >= 11 is 0. The number of anilines is 1. The van der Waals surface area contributed by atoms with Gasteiger partial charge in [0, 0.05) is 37.9 Å². The number of carbonyl (C=O) groups excluding carboxylic acids is 1. The highest BCUT2D eigenvalue weighted by atomic mass is 32.2. The Balaban J connectivity index is 2.05. The summed E-state index contributed by atoms with van der Waals surface area (Å²) in [6, 6.07) is 6.71. The van der Waals surface area contributed by atoms with Gasteiger partial charge in [-0.2, -0.15) is 0 Å². The zero-order valence-corrected chi connectivity index (χ0v) is 16.2. The van der Waals surface area contributed by atoms with Crippen molar-refractivity contribution in [2.24, 2.45) is 5.73 Å². The van der Waals surface area contributed by atoms with E-state index in [9.17, 15) is 22.0 Å². The normalized spacial score (nSPS) is 15.6. The molecular formula is C19H21F2N3O3S. The van der Waals surface area contributed by atoms with Gasteiger partial charge in [-0.3, -0.25) is 4.79 Å². The molecule has 1 heterocycles. The van der Waals surface area contributed by atoms with Crippen LogP contribution in [0.1, 0.15) is 5.56 Å². The van der Waals surface area contributed by atoms with E-state index in [-0.39, 0.29) is 16.9 Å². The van der Waals surface area contributed by atoms with E-state index >= 15 is 0 Å². The first-order chi connectivity index (χ1) is 13.2. The minimum Gasteiger partial charge on any atom is -0.369 e. The summed E-state index contributed by atoms with van der Waals surface area (Å²) in [6.07, 6.45) is -0.298. The average molecular weight is 409 g/mol. The summed E-state index contributed by atoms with van der Waals surface area (Å²) < 4.78 is 53.0. The molecule has 150 valence electrons. The van der Waals surface area contributed by atoms with Crippen molar-refractivity contribution in [1.29, 1.82) is 0 Å². The van der Waals surface area contributed by atoms with Crippen LogP contribution < -0.4 is 10.6 Å². The summed E-state index contributed by atoms with van der Waals surface area (Å²) in [5, 5.41) is 0. The van der Waals surface area contributed by atoms with Crippen molar-refractivity contribution in [1.82, 2.24) is 4.90 Å². The van der Waals surface area contributed by atoms with Crippen LogP contribution in [0.25, 0.3) is 0 Å². The second-order valence-corrected chi connectivity index (χ2v) is 8.75. The number of piperazine rings is 1. The van der Waals surface area contributed by atoms with E-state index in [1.54, 1.807) is 12.1 Å². The number of rotatable bonds is 5. The number of amides is 1. The molecule has 1 saturated heterocycles. The lowest BCUT2D eigenvalue weighted by Gasteiger charge is -2.34. The van der Waals surface area contributed by atoms with Crippen LogP contribution in [0.5, 0.6) is 0 Å². The Morgan fingerprint density at radius 3 is 2.21 bits per heavy atom. The van der Waals surface area contributed by atoms with Crippen molar-refractivity contribution in [3.05, 3.63) is 53.6 Å². The number of nitrogens with zero attached hydrogens (tertiary/aromatic N) is 2. The fraction of sp³-hybridized carbons (Fsp3) is 0.316. The summed E-state index contributed by atoms with van der Waals surface area (Å²) in [7, 11) is -2.21. The molecule has 2 aromatic rings. The maximum Gasteiger partial charge on any atom is 0.221 e. The molecule has 1 aliphatic rings. The number of hydrogen-bond donors (Lipinski definition) is 1. The molecule has 1 fully saturated rings. The summed E-state index contributed by atoms with van der Waals surface area (Å²) in [5.41, 5.74) is 6.27. The number of benzene rings is 2. The minimum atomic E-state index is -4.23. The largest absolute Gasteiger partial charge is 0.369 e. The zero-order chi connectivity index (χ0) is 20.5. The Kier molecular flexibility index (Phi) is 5.66. The van der Waals surface area contributed by atoms with E-state index < -0.39 is 32.3 Å². The molecular weight excluding hydrogens is 388 g/mol. The van der Waals surface area contributed by atoms with Crippen LogP contribution >= 0.6 is 0 Å². The lowest BCUT2D eigenvalue weighted by atomic mass is 10.1. The second kappa shape index (κ2) is 7.84. The molecule has 3 rings (SSSR count). The molecule has 2 aromatic carbocycles. The maximum absolute atomic E-state index is 13.5. The quantitative estimate of drug-likeness (QED) is 0.811. The molecule has 2 N–H and O–H groups in total. The van der Waals surface area contributed by atoms with Gasteiger partial charge in [-0.15, -0.1) is 0 Å². The average Bonchev–Trinajstić information content (AvgIpc) is 2.61. The third-order valence-corrected chi connectivity index (χ3v) is 6.55. The molecule has 0 unspecified atom stereocenters. The van der Waals surface area contributed by atoms with E-state index in [4.69, 9.17) is 5.73 Å². The molecule has 0 spiro atoms. The van der Waals surface area contributed by atoms with E-state index in [2.05, 4.69) is 9.80 Å². The van der Waals surface area contributed by atoms with Crippen LogP contribution in [0.3, 0.4) is 0 Å². The van der Waals surface area contributed by atoms with Crippen LogP contribution in [0, 0.1) is 11.6 Å². The molecule has 0 atom stereocenters. The first kappa shape index (κ1) is 20.2. The third-order valence-electron chi connectivity index (χ3n) is 4.71. The maximum atomic E-state index is 13.5. The number of nitrogens with two attached hydrogens (primary N) is 1. The van der Waals surface area contributed by atoms with Crippen molar-refractivity contribution in [3.63, 3.8) is 0 Å². The lowest BCUT2D eigenvalue weighted by molar-refractivity contribution is -0.117. The number of carbonyl (C=O) groups is 1. The number of halogens is 2. The van der Waals surface area contributed by atoms with Gasteiger partial charge in [0.2, 0.25) is 15.7 Å². The fourth-order valence-corrected chi connectivity index (χ4v) is 4.74. The molecule has 0 aliphatic carbocycles. The van der Waals surface area contributed by atoms with Gasteiger partial charge in [0.15, 0.2) is 0 Å². The van der Waals surface area contributed by atoms with Crippen LogP contribution in [-0.4, -0.2) is 52.5 Å². The predicted octanol–water partition coefficient (Wildman–Crippen LogP) is 1.58.